The Morgan fingerprint density at radius 2 is 2.20 bits per heavy atom. The van der Waals surface area contributed by atoms with Crippen LogP contribution < -0.4 is 15.1 Å². The van der Waals surface area contributed by atoms with Gasteiger partial charge in [-0.25, -0.2) is 4.98 Å². The first kappa shape index (κ1) is 20.5. The van der Waals surface area contributed by atoms with E-state index in [1.54, 1.807) is 23.1 Å². The van der Waals surface area contributed by atoms with E-state index in [9.17, 15) is 14.7 Å². The predicted molar refractivity (Wildman–Crippen MR) is 117 cm³/mol. The smallest absolute Gasteiger partial charge is 0.253 e. The van der Waals surface area contributed by atoms with Crippen molar-refractivity contribution in [3.05, 3.63) is 58.6 Å². The molecule has 30 heavy (non-hydrogen) atoms. The zero-order chi connectivity index (χ0) is 21.1. The van der Waals surface area contributed by atoms with Crippen molar-refractivity contribution in [2.24, 2.45) is 0 Å². The maximum atomic E-state index is 12.7. The Morgan fingerprint density at radius 1 is 1.33 bits per heavy atom. The first-order valence-electron chi connectivity index (χ1n) is 9.63. The summed E-state index contributed by atoms with van der Waals surface area (Å²) in [5.74, 6) is 0.294. The van der Waals surface area contributed by atoms with Crippen LogP contribution in [-0.4, -0.2) is 54.7 Å². The fraction of sp³-hybridized carbons (Fsp3) is 0.286. The molecule has 2 aliphatic rings. The van der Waals surface area contributed by atoms with Gasteiger partial charge in [-0.05, 0) is 52.7 Å². The number of rotatable bonds is 6. The first-order chi connectivity index (χ1) is 14.6. The van der Waals surface area contributed by atoms with Crippen LogP contribution in [0.3, 0.4) is 0 Å². The number of nitrogens with one attached hydrogen (secondary N) is 1. The number of hydrogen-bond acceptors (Lipinski definition) is 7. The summed E-state index contributed by atoms with van der Waals surface area (Å²) < 4.78 is 5.79. The number of aliphatic hydroxyl groups excluding tert-OH is 1. The molecule has 4 rings (SSSR count). The predicted octanol–water partition coefficient (Wildman–Crippen LogP) is 2.55. The Balaban J connectivity index is 1.64. The van der Waals surface area contributed by atoms with E-state index in [0.717, 1.165) is 17.1 Å². The molecule has 1 aromatic heterocycles. The summed E-state index contributed by atoms with van der Waals surface area (Å²) in [4.78, 5) is 32.8. The maximum Gasteiger partial charge on any atom is 0.253 e. The zero-order valence-electron chi connectivity index (χ0n) is 16.2. The number of allylic oxidation sites excluding steroid dienone is 1. The summed E-state index contributed by atoms with van der Waals surface area (Å²) in [5.41, 5.74) is 2.79. The van der Waals surface area contributed by atoms with Crippen LogP contribution in [0, 0.1) is 0 Å². The van der Waals surface area contributed by atoms with E-state index < -0.39 is 0 Å². The number of hydrogen-bond donors (Lipinski definition) is 2. The fourth-order valence-corrected chi connectivity index (χ4v) is 3.82. The number of ketones is 1. The van der Waals surface area contributed by atoms with E-state index in [4.69, 9.17) is 4.74 Å². The normalized spacial score (nSPS) is 17.3. The third-order valence-corrected chi connectivity index (χ3v) is 5.34. The van der Waals surface area contributed by atoms with Crippen LogP contribution >= 0.6 is 15.9 Å². The lowest BCUT2D eigenvalue weighted by atomic mass is 10.2. The van der Waals surface area contributed by atoms with Crippen molar-refractivity contribution < 1.29 is 19.4 Å². The number of aliphatic hydroxyl groups is 1. The second-order valence-electron chi connectivity index (χ2n) is 6.89. The van der Waals surface area contributed by atoms with E-state index >= 15 is 0 Å². The van der Waals surface area contributed by atoms with Crippen molar-refractivity contribution in [3.63, 3.8) is 0 Å². The van der Waals surface area contributed by atoms with E-state index in [1.165, 1.54) is 6.08 Å². The Kier molecular flexibility index (Phi) is 6.12. The molecule has 0 bridgehead atoms. The molecule has 0 unspecified atom stereocenters. The highest BCUT2D eigenvalue weighted by Gasteiger charge is 2.27. The van der Waals surface area contributed by atoms with Crippen molar-refractivity contribution >= 4 is 44.7 Å². The Morgan fingerprint density at radius 3 is 2.97 bits per heavy atom. The van der Waals surface area contributed by atoms with Gasteiger partial charge in [-0.2, -0.15) is 0 Å². The molecule has 1 aromatic carbocycles. The zero-order valence-corrected chi connectivity index (χ0v) is 17.8. The van der Waals surface area contributed by atoms with Crippen LogP contribution in [0.4, 0.5) is 17.1 Å². The molecule has 0 radical (unpaired) electrons. The van der Waals surface area contributed by atoms with Gasteiger partial charge in [0.2, 0.25) is 5.78 Å². The highest BCUT2D eigenvalue weighted by molar-refractivity contribution is 9.10. The molecule has 0 atom stereocenters. The van der Waals surface area contributed by atoms with Gasteiger partial charge in [0, 0.05) is 31.5 Å². The molecule has 0 saturated carbocycles. The number of nitrogens with zero attached hydrogens (tertiary/aromatic N) is 3. The number of ether oxygens (including phenoxy) is 1. The third kappa shape index (κ3) is 4.23. The molecular formula is C21H21BrN4O4. The summed E-state index contributed by atoms with van der Waals surface area (Å²) in [7, 11) is 0. The minimum absolute atomic E-state index is 0.0423. The molecule has 156 valence electrons. The number of morpholine rings is 1. The second-order valence-corrected chi connectivity index (χ2v) is 7.71. The number of carbonyl (C=O) groups is 2. The number of carbonyl (C=O) groups excluding carboxylic acids is 2. The van der Waals surface area contributed by atoms with Crippen LogP contribution in [0.2, 0.25) is 0 Å². The number of benzene rings is 1. The molecule has 2 aliphatic heterocycles. The van der Waals surface area contributed by atoms with Gasteiger partial charge in [0.05, 0.1) is 18.0 Å². The summed E-state index contributed by atoms with van der Waals surface area (Å²) in [6.07, 6.45) is 2.05. The van der Waals surface area contributed by atoms with Gasteiger partial charge in [-0.15, -0.1) is 0 Å². The molecule has 1 saturated heterocycles. The topological polar surface area (TPSA) is 95.0 Å². The van der Waals surface area contributed by atoms with Crippen molar-refractivity contribution in [2.45, 2.75) is 6.42 Å². The molecule has 2 N–H and O–H groups in total. The van der Waals surface area contributed by atoms with E-state index in [1.807, 2.05) is 23.1 Å². The monoisotopic (exact) mass is 472 g/mol. The number of aromatic nitrogens is 1. The average molecular weight is 473 g/mol. The Labute approximate surface area is 182 Å². The summed E-state index contributed by atoms with van der Waals surface area (Å²) in [5, 5.41) is 12.6. The minimum Gasteiger partial charge on any atom is -0.396 e. The first-order valence-corrected chi connectivity index (χ1v) is 10.4. The summed E-state index contributed by atoms with van der Waals surface area (Å²) >= 11 is 3.28. The highest BCUT2D eigenvalue weighted by atomic mass is 79.9. The third-order valence-electron chi connectivity index (χ3n) is 4.90. The summed E-state index contributed by atoms with van der Waals surface area (Å²) in [6.45, 7) is 1.66. The number of anilines is 3. The molecule has 9 heteroatoms. The summed E-state index contributed by atoms with van der Waals surface area (Å²) in [6, 6.07) is 10.9. The van der Waals surface area contributed by atoms with Crippen LogP contribution in [0.25, 0.3) is 0 Å². The fourth-order valence-electron chi connectivity index (χ4n) is 3.48. The lowest BCUT2D eigenvalue weighted by Gasteiger charge is -2.27. The van der Waals surface area contributed by atoms with Gasteiger partial charge in [0.15, 0.2) is 0 Å². The van der Waals surface area contributed by atoms with Gasteiger partial charge >= 0.3 is 0 Å². The van der Waals surface area contributed by atoms with Crippen LogP contribution in [0.15, 0.2) is 52.9 Å². The van der Waals surface area contributed by atoms with Gasteiger partial charge in [0.1, 0.15) is 22.7 Å². The van der Waals surface area contributed by atoms with Crippen molar-refractivity contribution in [1.29, 1.82) is 0 Å². The molecule has 0 aliphatic carbocycles. The molecule has 1 amide bonds. The average Bonchev–Trinajstić information content (AvgIpc) is 3.08. The van der Waals surface area contributed by atoms with Crippen molar-refractivity contribution in [1.82, 2.24) is 4.98 Å². The number of fused-ring (bicyclic) bond motifs is 1. The molecule has 8 nitrogen and oxygen atoms in total. The molecule has 2 aromatic rings. The van der Waals surface area contributed by atoms with E-state index in [2.05, 4.69) is 26.2 Å². The van der Waals surface area contributed by atoms with E-state index in [0.29, 0.717) is 42.2 Å². The van der Waals surface area contributed by atoms with Crippen LogP contribution in [0.1, 0.15) is 16.9 Å². The maximum absolute atomic E-state index is 12.7. The highest BCUT2D eigenvalue weighted by Crippen LogP contribution is 2.39. The van der Waals surface area contributed by atoms with Crippen LogP contribution in [-0.2, 0) is 9.53 Å². The second kappa shape index (κ2) is 8.95. The number of pyridine rings is 1. The molecule has 0 spiro atoms. The van der Waals surface area contributed by atoms with Gasteiger partial charge in [-0.1, -0.05) is 6.07 Å². The number of halogens is 1. The minimum atomic E-state index is -0.232. The molecular weight excluding hydrogens is 452 g/mol. The lowest BCUT2D eigenvalue weighted by molar-refractivity contribution is -0.125. The largest absolute Gasteiger partial charge is 0.396 e. The Hall–Kier alpha value is -2.75. The van der Waals surface area contributed by atoms with Gasteiger partial charge in [0.25, 0.3) is 5.91 Å². The quantitative estimate of drug-likeness (QED) is 0.378. The van der Waals surface area contributed by atoms with E-state index in [-0.39, 0.29) is 24.9 Å². The van der Waals surface area contributed by atoms with Crippen molar-refractivity contribution in [3.8, 4) is 0 Å². The SMILES string of the molecule is O=C(/C=C1\Nc2cc(N3CCOCC3=O)ccc2N1CCCO)c1cccc(Br)n1. The number of amides is 1. The van der Waals surface area contributed by atoms with Crippen LogP contribution in [0.5, 0.6) is 0 Å². The molecule has 1 fully saturated rings. The molecule has 3 heterocycles. The standard InChI is InChI=1S/C21H21BrN4O4/c22-19-4-1-3-15(23-19)18(28)12-20-24-16-11-14(25-8-10-30-13-21(25)29)5-6-17(16)26(20)7-2-9-27/h1,3-6,11-12,24,27H,2,7-10,13H2/b20-12+. The Bertz CT molecular complexity index is 1010. The van der Waals surface area contributed by atoms with Crippen molar-refractivity contribution in [2.75, 3.05) is 48.0 Å². The van der Waals surface area contributed by atoms with Gasteiger partial charge in [-0.3, -0.25) is 9.59 Å². The lowest BCUT2D eigenvalue weighted by Crippen LogP contribution is -2.41. The van der Waals surface area contributed by atoms with Gasteiger partial charge < -0.3 is 25.0 Å².